The lowest BCUT2D eigenvalue weighted by Crippen LogP contribution is -2.53. The fraction of sp³-hybridized carbons (Fsp3) is 0.824. The first-order valence-corrected chi connectivity index (χ1v) is 8.55. The predicted molar refractivity (Wildman–Crippen MR) is 88.8 cm³/mol. The molecule has 1 saturated heterocycles. The third-order valence-electron chi connectivity index (χ3n) is 4.87. The van der Waals surface area contributed by atoms with Crippen molar-refractivity contribution in [2.75, 3.05) is 26.7 Å². The van der Waals surface area contributed by atoms with Crippen LogP contribution < -0.4 is 5.32 Å². The van der Waals surface area contributed by atoms with E-state index < -0.39 is 0 Å². The lowest BCUT2D eigenvalue weighted by atomic mass is 9.89. The van der Waals surface area contributed by atoms with E-state index in [1.807, 2.05) is 6.92 Å². The highest BCUT2D eigenvalue weighted by Gasteiger charge is 2.31. The summed E-state index contributed by atoms with van der Waals surface area (Å²) in [4.78, 5) is 16.2. The van der Waals surface area contributed by atoms with Gasteiger partial charge >= 0.3 is 6.03 Å². The van der Waals surface area contributed by atoms with Gasteiger partial charge in [-0.25, -0.2) is 4.79 Å². The summed E-state index contributed by atoms with van der Waals surface area (Å²) in [7, 11) is 1.80. The van der Waals surface area contributed by atoms with Crippen molar-refractivity contribution in [3.8, 4) is 0 Å². The summed E-state index contributed by atoms with van der Waals surface area (Å²) in [6, 6.07) is 0.563. The van der Waals surface area contributed by atoms with Crippen LogP contribution in [-0.2, 0) is 0 Å². The van der Waals surface area contributed by atoms with Crippen LogP contribution in [0.3, 0.4) is 0 Å². The van der Waals surface area contributed by atoms with Crippen LogP contribution in [0.25, 0.3) is 0 Å². The maximum absolute atomic E-state index is 12.1. The minimum Gasteiger partial charge on any atom is -0.391 e. The summed E-state index contributed by atoms with van der Waals surface area (Å²) in [5.41, 5.74) is 0.985. The Labute approximate surface area is 134 Å². The average Bonchev–Trinajstić information content (AvgIpc) is 2.48. The number of likely N-dealkylation sites (tertiary alicyclic amines) is 1. The Morgan fingerprint density at radius 1 is 1.27 bits per heavy atom. The number of hydrogen-bond donors (Lipinski definition) is 2. The smallest absolute Gasteiger partial charge is 0.317 e. The fourth-order valence-electron chi connectivity index (χ4n) is 3.65. The molecule has 0 bridgehead atoms. The first-order valence-electron chi connectivity index (χ1n) is 8.55. The van der Waals surface area contributed by atoms with E-state index in [4.69, 9.17) is 0 Å². The molecule has 1 heterocycles. The number of likely N-dealkylation sites (N-methyl/N-ethyl adjacent to an activating group) is 1. The predicted octanol–water partition coefficient (Wildman–Crippen LogP) is 1.97. The second kappa shape index (κ2) is 7.97. The molecule has 0 aromatic carbocycles. The van der Waals surface area contributed by atoms with Crippen LogP contribution in [-0.4, -0.2) is 65.8 Å². The highest BCUT2D eigenvalue weighted by molar-refractivity contribution is 5.74. The van der Waals surface area contributed by atoms with Crippen LogP contribution in [0.5, 0.6) is 0 Å². The lowest BCUT2D eigenvalue weighted by molar-refractivity contribution is 0.00759. The Hall–Kier alpha value is -1.07. The summed E-state index contributed by atoms with van der Waals surface area (Å²) in [5.74, 6) is 0. The second-order valence-corrected chi connectivity index (χ2v) is 6.99. The van der Waals surface area contributed by atoms with Gasteiger partial charge in [-0.3, -0.25) is 4.90 Å². The van der Waals surface area contributed by atoms with Crippen LogP contribution >= 0.6 is 0 Å². The van der Waals surface area contributed by atoms with Crippen molar-refractivity contribution in [1.82, 2.24) is 15.1 Å². The van der Waals surface area contributed by atoms with Gasteiger partial charge < -0.3 is 15.3 Å². The Morgan fingerprint density at radius 3 is 2.50 bits per heavy atom. The first-order chi connectivity index (χ1) is 10.5. The number of nitrogens with zero attached hydrogens (tertiary/aromatic N) is 2. The minimum atomic E-state index is -0.165. The molecule has 2 atom stereocenters. The highest BCUT2D eigenvalue weighted by atomic mass is 16.3. The van der Waals surface area contributed by atoms with Gasteiger partial charge in [0.05, 0.1) is 6.10 Å². The van der Waals surface area contributed by atoms with Gasteiger partial charge in [-0.15, -0.1) is 0 Å². The zero-order valence-corrected chi connectivity index (χ0v) is 14.1. The minimum absolute atomic E-state index is 0.0147. The Kier molecular flexibility index (Phi) is 6.26. The monoisotopic (exact) mass is 309 g/mol. The molecular formula is C17H31N3O2. The summed E-state index contributed by atoms with van der Waals surface area (Å²) in [6.07, 6.45) is 6.20. The van der Waals surface area contributed by atoms with E-state index in [1.165, 1.54) is 6.42 Å². The van der Waals surface area contributed by atoms with Gasteiger partial charge in [0.2, 0.25) is 0 Å². The van der Waals surface area contributed by atoms with Gasteiger partial charge in [0.15, 0.2) is 0 Å². The number of aliphatic hydroxyl groups is 1. The molecule has 0 radical (unpaired) electrons. The van der Waals surface area contributed by atoms with Gasteiger partial charge in [0.1, 0.15) is 0 Å². The topological polar surface area (TPSA) is 55.8 Å². The number of carbonyl (C=O) groups is 1. The van der Waals surface area contributed by atoms with E-state index >= 15 is 0 Å². The SMILES string of the molecule is C=C(C)CN(C)C(=O)NC1CCN(C2CCCCC2O)CC1. The van der Waals surface area contributed by atoms with Crippen molar-refractivity contribution >= 4 is 6.03 Å². The summed E-state index contributed by atoms with van der Waals surface area (Å²) >= 11 is 0. The van der Waals surface area contributed by atoms with E-state index in [0.717, 1.165) is 50.8 Å². The van der Waals surface area contributed by atoms with E-state index in [-0.39, 0.29) is 18.2 Å². The maximum atomic E-state index is 12.1. The van der Waals surface area contributed by atoms with Gasteiger partial charge in [-0.05, 0) is 32.6 Å². The van der Waals surface area contributed by atoms with Gasteiger partial charge in [0.25, 0.3) is 0 Å². The van der Waals surface area contributed by atoms with Crippen LogP contribution in [0.1, 0.15) is 45.4 Å². The number of carbonyl (C=O) groups excluding carboxylic acids is 1. The maximum Gasteiger partial charge on any atom is 0.317 e. The van der Waals surface area contributed by atoms with Crippen LogP contribution in [0.4, 0.5) is 4.79 Å². The van der Waals surface area contributed by atoms with Crippen molar-refractivity contribution in [1.29, 1.82) is 0 Å². The molecule has 0 aromatic heterocycles. The number of aliphatic hydroxyl groups excluding tert-OH is 1. The molecule has 0 aromatic rings. The van der Waals surface area contributed by atoms with Crippen molar-refractivity contribution in [3.05, 3.63) is 12.2 Å². The lowest BCUT2D eigenvalue weighted by Gasteiger charge is -2.41. The van der Waals surface area contributed by atoms with Crippen molar-refractivity contribution in [2.45, 2.75) is 63.6 Å². The zero-order chi connectivity index (χ0) is 16.1. The summed E-state index contributed by atoms with van der Waals surface area (Å²) in [5, 5.41) is 13.3. The van der Waals surface area contributed by atoms with Gasteiger partial charge in [-0.2, -0.15) is 0 Å². The molecule has 2 amide bonds. The molecule has 1 saturated carbocycles. The molecule has 22 heavy (non-hydrogen) atoms. The number of piperidine rings is 1. The third-order valence-corrected chi connectivity index (χ3v) is 4.87. The third kappa shape index (κ3) is 4.71. The molecule has 126 valence electrons. The quantitative estimate of drug-likeness (QED) is 0.781. The van der Waals surface area contributed by atoms with E-state index in [1.54, 1.807) is 11.9 Å². The summed E-state index contributed by atoms with van der Waals surface area (Å²) < 4.78 is 0. The molecule has 2 rings (SSSR count). The average molecular weight is 309 g/mol. The molecule has 0 spiro atoms. The number of nitrogens with one attached hydrogen (secondary N) is 1. The van der Waals surface area contributed by atoms with Crippen LogP contribution in [0, 0.1) is 0 Å². The summed E-state index contributed by atoms with van der Waals surface area (Å²) in [6.45, 7) is 8.30. The molecule has 2 N–H and O–H groups in total. The van der Waals surface area contributed by atoms with Crippen molar-refractivity contribution < 1.29 is 9.90 Å². The fourth-order valence-corrected chi connectivity index (χ4v) is 3.65. The molecule has 2 fully saturated rings. The molecule has 1 aliphatic carbocycles. The van der Waals surface area contributed by atoms with Crippen LogP contribution in [0.2, 0.25) is 0 Å². The molecular weight excluding hydrogens is 278 g/mol. The van der Waals surface area contributed by atoms with Gasteiger partial charge in [0, 0.05) is 38.8 Å². The highest BCUT2D eigenvalue weighted by Crippen LogP contribution is 2.25. The number of hydrogen-bond acceptors (Lipinski definition) is 3. The molecule has 1 aliphatic heterocycles. The number of urea groups is 1. The normalized spacial score (nSPS) is 27.4. The molecule has 2 aliphatic rings. The molecule has 5 heteroatoms. The van der Waals surface area contributed by atoms with E-state index in [9.17, 15) is 9.90 Å². The number of amides is 2. The number of rotatable bonds is 4. The standard InChI is InChI=1S/C17H31N3O2/c1-13(2)12-19(3)17(22)18-14-8-10-20(11-9-14)15-6-4-5-7-16(15)21/h14-16,21H,1,4-12H2,2-3H3,(H,18,22). The Morgan fingerprint density at radius 2 is 1.91 bits per heavy atom. The molecule has 2 unspecified atom stereocenters. The van der Waals surface area contributed by atoms with Crippen LogP contribution in [0.15, 0.2) is 12.2 Å². The Bertz CT molecular complexity index is 391. The first kappa shape index (κ1) is 17.3. The molecule has 5 nitrogen and oxygen atoms in total. The Balaban J connectivity index is 1.75. The van der Waals surface area contributed by atoms with E-state index in [0.29, 0.717) is 12.6 Å². The second-order valence-electron chi connectivity index (χ2n) is 6.99. The largest absolute Gasteiger partial charge is 0.391 e. The van der Waals surface area contributed by atoms with Gasteiger partial charge in [-0.1, -0.05) is 25.0 Å². The van der Waals surface area contributed by atoms with Crippen molar-refractivity contribution in [3.63, 3.8) is 0 Å². The van der Waals surface area contributed by atoms with E-state index in [2.05, 4.69) is 16.8 Å². The zero-order valence-electron chi connectivity index (χ0n) is 14.1. The van der Waals surface area contributed by atoms with Crippen molar-refractivity contribution in [2.24, 2.45) is 0 Å².